The fourth-order valence-electron chi connectivity index (χ4n) is 1.55. The summed E-state index contributed by atoms with van der Waals surface area (Å²) < 4.78 is 0. The summed E-state index contributed by atoms with van der Waals surface area (Å²) in [7, 11) is 1.83. The molecule has 0 aliphatic carbocycles. The molecule has 0 radical (unpaired) electrons. The summed E-state index contributed by atoms with van der Waals surface area (Å²) in [6.07, 6.45) is 0. The average Bonchev–Trinajstić information content (AvgIpc) is 2.71. The van der Waals surface area contributed by atoms with Crippen LogP contribution in [0.2, 0.25) is 0 Å². The van der Waals surface area contributed by atoms with Crippen molar-refractivity contribution in [3.05, 3.63) is 11.1 Å². The third kappa shape index (κ3) is 2.17. The second kappa shape index (κ2) is 4.39. The first-order chi connectivity index (χ1) is 7.58. The summed E-state index contributed by atoms with van der Waals surface area (Å²) in [4.78, 5) is 19.8. The van der Waals surface area contributed by atoms with Crippen molar-refractivity contribution in [3.8, 4) is 0 Å². The number of anilines is 1. The van der Waals surface area contributed by atoms with Gasteiger partial charge in [-0.1, -0.05) is 0 Å². The summed E-state index contributed by atoms with van der Waals surface area (Å²) in [5.41, 5.74) is 6.65. The molecular weight excluding hydrogens is 224 g/mol. The highest BCUT2D eigenvalue weighted by atomic mass is 32.1. The molecule has 1 saturated heterocycles. The lowest BCUT2D eigenvalue weighted by Crippen LogP contribution is -2.48. The van der Waals surface area contributed by atoms with Crippen LogP contribution >= 0.6 is 11.3 Å². The van der Waals surface area contributed by atoms with Gasteiger partial charge in [0.15, 0.2) is 5.13 Å². The van der Waals surface area contributed by atoms with Crippen LogP contribution in [0.25, 0.3) is 0 Å². The first kappa shape index (κ1) is 11.3. The lowest BCUT2D eigenvalue weighted by Gasteiger charge is -2.31. The predicted octanol–water partition coefficient (Wildman–Crippen LogP) is 0.441. The van der Waals surface area contributed by atoms with Crippen LogP contribution in [0.1, 0.15) is 18.7 Å². The highest BCUT2D eigenvalue weighted by molar-refractivity contribution is 7.13. The Balaban J connectivity index is 2.09. The Morgan fingerprint density at radius 2 is 2.31 bits per heavy atom. The molecule has 1 atom stereocenters. The van der Waals surface area contributed by atoms with Gasteiger partial charge in [0, 0.05) is 31.6 Å². The maximum Gasteiger partial charge on any atom is 0.241 e. The molecule has 2 N–H and O–H groups in total. The Kier molecular flexibility index (Phi) is 3.11. The molecule has 2 rings (SSSR count). The summed E-state index contributed by atoms with van der Waals surface area (Å²) in [6, 6.07) is -0.0480. The molecule has 1 aliphatic rings. The van der Waals surface area contributed by atoms with E-state index >= 15 is 0 Å². The molecule has 1 aliphatic heterocycles. The zero-order valence-electron chi connectivity index (χ0n) is 9.51. The molecule has 1 unspecified atom stereocenters. The highest BCUT2D eigenvalue weighted by Gasteiger charge is 2.23. The number of nitrogens with two attached hydrogens (primary N) is 1. The number of aromatic nitrogens is 1. The van der Waals surface area contributed by atoms with E-state index in [1.165, 1.54) is 0 Å². The Bertz CT molecular complexity index is 390. The van der Waals surface area contributed by atoms with Gasteiger partial charge in [-0.2, -0.15) is 0 Å². The van der Waals surface area contributed by atoms with Crippen LogP contribution in [0.5, 0.6) is 0 Å². The van der Waals surface area contributed by atoms with Crippen molar-refractivity contribution in [2.24, 2.45) is 5.73 Å². The van der Waals surface area contributed by atoms with E-state index in [0.717, 1.165) is 23.9 Å². The summed E-state index contributed by atoms with van der Waals surface area (Å²) in [6.45, 7) is 3.93. The average molecular weight is 240 g/mol. The summed E-state index contributed by atoms with van der Waals surface area (Å²) >= 11 is 1.55. The van der Waals surface area contributed by atoms with Crippen LogP contribution in [0.4, 0.5) is 5.13 Å². The molecule has 1 aromatic rings. The zero-order valence-corrected chi connectivity index (χ0v) is 10.3. The smallest absolute Gasteiger partial charge is 0.241 e. The Hall–Kier alpha value is -1.14. The Labute approximate surface area is 98.9 Å². The topological polar surface area (TPSA) is 62.5 Å². The molecule has 88 valence electrons. The number of hydrogen-bond acceptors (Lipinski definition) is 5. The SMILES string of the molecule is CC(N)c1csc(N2CCN(C)C(=O)C2)n1. The first-order valence-electron chi connectivity index (χ1n) is 5.28. The van der Waals surface area contributed by atoms with Gasteiger partial charge < -0.3 is 15.5 Å². The number of hydrogen-bond donors (Lipinski definition) is 1. The van der Waals surface area contributed by atoms with Crippen molar-refractivity contribution in [1.82, 2.24) is 9.88 Å². The van der Waals surface area contributed by atoms with E-state index in [2.05, 4.69) is 4.98 Å². The molecule has 5 nitrogen and oxygen atoms in total. The van der Waals surface area contributed by atoms with Crippen LogP contribution in [0.15, 0.2) is 5.38 Å². The van der Waals surface area contributed by atoms with E-state index in [4.69, 9.17) is 5.73 Å². The minimum Gasteiger partial charge on any atom is -0.342 e. The molecule has 2 heterocycles. The summed E-state index contributed by atoms with van der Waals surface area (Å²) in [5, 5.41) is 2.86. The van der Waals surface area contributed by atoms with Crippen molar-refractivity contribution < 1.29 is 4.79 Å². The van der Waals surface area contributed by atoms with Gasteiger partial charge in [0.2, 0.25) is 5.91 Å². The highest BCUT2D eigenvalue weighted by Crippen LogP contribution is 2.24. The van der Waals surface area contributed by atoms with Crippen LogP contribution in [-0.2, 0) is 4.79 Å². The molecular formula is C10H16N4OS. The molecule has 1 aromatic heterocycles. The normalized spacial score (nSPS) is 19.1. The van der Waals surface area contributed by atoms with Crippen LogP contribution < -0.4 is 10.6 Å². The molecule has 0 bridgehead atoms. The standard InChI is InChI=1S/C10H16N4OS/c1-7(11)8-6-16-10(12-8)14-4-3-13(2)9(15)5-14/h6-7H,3-5,11H2,1-2H3. The third-order valence-electron chi connectivity index (χ3n) is 2.70. The number of nitrogens with zero attached hydrogens (tertiary/aromatic N) is 3. The molecule has 0 spiro atoms. The minimum absolute atomic E-state index is 0.0480. The van der Waals surface area contributed by atoms with Gasteiger partial charge in [-0.3, -0.25) is 4.79 Å². The van der Waals surface area contributed by atoms with E-state index < -0.39 is 0 Å². The van der Waals surface area contributed by atoms with E-state index in [1.54, 1.807) is 16.2 Å². The zero-order chi connectivity index (χ0) is 11.7. The van der Waals surface area contributed by atoms with Crippen molar-refractivity contribution in [2.45, 2.75) is 13.0 Å². The number of likely N-dealkylation sites (N-methyl/N-ethyl adjacent to an activating group) is 1. The quantitative estimate of drug-likeness (QED) is 0.815. The third-order valence-corrected chi connectivity index (χ3v) is 3.62. The van der Waals surface area contributed by atoms with Crippen molar-refractivity contribution >= 4 is 22.4 Å². The van der Waals surface area contributed by atoms with Gasteiger partial charge in [-0.25, -0.2) is 4.98 Å². The van der Waals surface area contributed by atoms with Gasteiger partial charge in [0.05, 0.1) is 12.2 Å². The Morgan fingerprint density at radius 1 is 1.56 bits per heavy atom. The van der Waals surface area contributed by atoms with Gasteiger partial charge in [0.1, 0.15) is 0 Å². The molecule has 0 saturated carbocycles. The second-order valence-corrected chi connectivity index (χ2v) is 4.92. The number of carbonyl (C=O) groups excluding carboxylic acids is 1. The number of amides is 1. The lowest BCUT2D eigenvalue weighted by molar-refractivity contribution is -0.129. The predicted molar refractivity (Wildman–Crippen MR) is 64.6 cm³/mol. The lowest BCUT2D eigenvalue weighted by atomic mass is 10.3. The molecule has 0 aromatic carbocycles. The number of piperazine rings is 1. The van der Waals surface area contributed by atoms with Crippen LogP contribution in [0.3, 0.4) is 0 Å². The van der Waals surface area contributed by atoms with E-state index in [0.29, 0.717) is 6.54 Å². The molecule has 6 heteroatoms. The number of thiazole rings is 1. The largest absolute Gasteiger partial charge is 0.342 e. The van der Waals surface area contributed by atoms with E-state index in [1.807, 2.05) is 24.3 Å². The number of rotatable bonds is 2. The molecule has 16 heavy (non-hydrogen) atoms. The number of carbonyl (C=O) groups is 1. The van der Waals surface area contributed by atoms with Gasteiger partial charge in [0.25, 0.3) is 0 Å². The van der Waals surface area contributed by atoms with Crippen molar-refractivity contribution in [2.75, 3.05) is 31.6 Å². The fourth-order valence-corrected chi connectivity index (χ4v) is 2.51. The Morgan fingerprint density at radius 3 is 2.88 bits per heavy atom. The van der Waals surface area contributed by atoms with Crippen LogP contribution in [0, 0.1) is 0 Å². The minimum atomic E-state index is -0.0480. The van der Waals surface area contributed by atoms with Gasteiger partial charge >= 0.3 is 0 Å². The second-order valence-electron chi connectivity index (χ2n) is 4.08. The fraction of sp³-hybridized carbons (Fsp3) is 0.600. The van der Waals surface area contributed by atoms with E-state index in [-0.39, 0.29) is 11.9 Å². The molecule has 1 amide bonds. The molecule has 1 fully saturated rings. The maximum absolute atomic E-state index is 11.6. The van der Waals surface area contributed by atoms with Gasteiger partial charge in [-0.15, -0.1) is 11.3 Å². The van der Waals surface area contributed by atoms with Crippen molar-refractivity contribution in [3.63, 3.8) is 0 Å². The maximum atomic E-state index is 11.6. The van der Waals surface area contributed by atoms with E-state index in [9.17, 15) is 4.79 Å². The summed E-state index contributed by atoms with van der Waals surface area (Å²) in [5.74, 6) is 0.142. The van der Waals surface area contributed by atoms with Crippen LogP contribution in [-0.4, -0.2) is 42.5 Å². The van der Waals surface area contributed by atoms with Gasteiger partial charge in [-0.05, 0) is 6.92 Å². The first-order valence-corrected chi connectivity index (χ1v) is 6.16. The monoisotopic (exact) mass is 240 g/mol. The van der Waals surface area contributed by atoms with Crippen molar-refractivity contribution in [1.29, 1.82) is 0 Å².